The summed E-state index contributed by atoms with van der Waals surface area (Å²) in [5.41, 5.74) is 1.04. The quantitative estimate of drug-likeness (QED) is 0.564. The Morgan fingerprint density at radius 2 is 1.38 bits per heavy atom. The van der Waals surface area contributed by atoms with Crippen molar-refractivity contribution in [2.45, 2.75) is 65.7 Å². The van der Waals surface area contributed by atoms with Gasteiger partial charge in [-0.25, -0.2) is 19.3 Å². The molecule has 2 aromatic rings. The van der Waals surface area contributed by atoms with Gasteiger partial charge in [0, 0.05) is 12.2 Å². The number of nitrogens with one attached hydrogen (secondary N) is 2. The Kier molecular flexibility index (Phi) is 9.06. The Balaban J connectivity index is 1.98. The summed E-state index contributed by atoms with van der Waals surface area (Å²) in [5, 5.41) is 5.47. The van der Waals surface area contributed by atoms with E-state index in [1.165, 1.54) is 0 Å². The summed E-state index contributed by atoms with van der Waals surface area (Å²) in [6.45, 7) is 11.2. The first-order valence-electron chi connectivity index (χ1n) is 11.2. The molecule has 0 atom stereocenters. The van der Waals surface area contributed by atoms with E-state index in [0.29, 0.717) is 18.7 Å². The molecule has 0 fully saturated rings. The molecular weight excluding hydrogens is 434 g/mol. The maximum Gasteiger partial charge on any atom is 0.418 e. The Bertz CT molecular complexity index is 961. The molecule has 0 aliphatic rings. The van der Waals surface area contributed by atoms with Gasteiger partial charge in [-0.2, -0.15) is 0 Å². The third-order valence-corrected chi connectivity index (χ3v) is 4.33. The molecule has 0 radical (unpaired) electrons. The maximum atomic E-state index is 12.9. The van der Waals surface area contributed by atoms with E-state index in [0.717, 1.165) is 16.0 Å². The average Bonchev–Trinajstić information content (AvgIpc) is 2.71. The molecule has 184 valence electrons. The fraction of sp³-hybridized carbons (Fsp3) is 0.423. The van der Waals surface area contributed by atoms with Crippen LogP contribution in [0.5, 0.6) is 0 Å². The van der Waals surface area contributed by atoms with Crippen LogP contribution in [0.15, 0.2) is 54.6 Å². The number of rotatable bonds is 6. The standard InChI is InChI=1S/C26H35N3O5/c1-25(2,3)33-23(31)27-17-16-19-12-14-21(15-13-19)28-22(30)29(24(32)34-26(4,5)6)18-20-10-8-7-9-11-20/h7-15H,16-18H2,1-6H3,(H,27,31)(H,28,30). The van der Waals surface area contributed by atoms with E-state index in [9.17, 15) is 14.4 Å². The SMILES string of the molecule is CC(C)(C)OC(=O)NCCc1ccc(NC(=O)N(Cc2ccccc2)C(=O)OC(C)(C)C)cc1. The second kappa shape index (κ2) is 11.5. The molecular formula is C26H35N3O5. The molecule has 0 aromatic heterocycles. The third kappa shape index (κ3) is 9.94. The van der Waals surface area contributed by atoms with Crippen LogP contribution in [0.4, 0.5) is 20.1 Å². The highest BCUT2D eigenvalue weighted by Gasteiger charge is 2.27. The van der Waals surface area contributed by atoms with Crippen LogP contribution in [0.3, 0.4) is 0 Å². The number of ether oxygens (including phenoxy) is 2. The molecule has 0 saturated heterocycles. The van der Waals surface area contributed by atoms with Crippen LogP contribution in [0.2, 0.25) is 0 Å². The van der Waals surface area contributed by atoms with Crippen LogP contribution in [-0.4, -0.2) is 40.9 Å². The molecule has 0 aliphatic carbocycles. The van der Waals surface area contributed by atoms with Gasteiger partial charge in [-0.3, -0.25) is 0 Å². The van der Waals surface area contributed by atoms with Crippen molar-refractivity contribution in [1.29, 1.82) is 0 Å². The van der Waals surface area contributed by atoms with Gasteiger partial charge in [0.05, 0.1) is 6.54 Å². The molecule has 0 heterocycles. The predicted octanol–water partition coefficient (Wildman–Crippen LogP) is 5.72. The molecule has 0 spiro atoms. The lowest BCUT2D eigenvalue weighted by Gasteiger charge is -2.26. The first-order chi connectivity index (χ1) is 15.8. The van der Waals surface area contributed by atoms with E-state index in [1.807, 2.05) is 63.2 Å². The van der Waals surface area contributed by atoms with Crippen molar-refractivity contribution in [3.05, 3.63) is 65.7 Å². The number of amides is 4. The molecule has 0 aliphatic heterocycles. The Morgan fingerprint density at radius 1 is 0.794 bits per heavy atom. The number of carbonyl (C=O) groups is 3. The molecule has 0 unspecified atom stereocenters. The highest BCUT2D eigenvalue weighted by Crippen LogP contribution is 2.16. The minimum Gasteiger partial charge on any atom is -0.444 e. The van der Waals surface area contributed by atoms with Gasteiger partial charge in [-0.1, -0.05) is 42.5 Å². The zero-order chi connectivity index (χ0) is 25.4. The van der Waals surface area contributed by atoms with Crippen molar-refractivity contribution < 1.29 is 23.9 Å². The first-order valence-corrected chi connectivity index (χ1v) is 11.2. The van der Waals surface area contributed by atoms with Crippen LogP contribution in [-0.2, 0) is 22.4 Å². The molecule has 0 saturated carbocycles. The van der Waals surface area contributed by atoms with Gasteiger partial charge in [-0.15, -0.1) is 0 Å². The number of urea groups is 1. The van der Waals surface area contributed by atoms with Gasteiger partial charge in [-0.05, 0) is 71.2 Å². The van der Waals surface area contributed by atoms with E-state index in [-0.39, 0.29) is 6.54 Å². The van der Waals surface area contributed by atoms with Crippen molar-refractivity contribution in [2.24, 2.45) is 0 Å². The van der Waals surface area contributed by atoms with E-state index >= 15 is 0 Å². The average molecular weight is 470 g/mol. The summed E-state index contributed by atoms with van der Waals surface area (Å²) in [4.78, 5) is 38.4. The normalized spacial score (nSPS) is 11.4. The van der Waals surface area contributed by atoms with Crippen molar-refractivity contribution >= 4 is 23.9 Å². The number of benzene rings is 2. The zero-order valence-electron chi connectivity index (χ0n) is 20.8. The zero-order valence-corrected chi connectivity index (χ0v) is 20.8. The van der Waals surface area contributed by atoms with E-state index in [4.69, 9.17) is 9.47 Å². The second-order valence-corrected chi connectivity index (χ2v) is 9.86. The van der Waals surface area contributed by atoms with Crippen LogP contribution in [0.25, 0.3) is 0 Å². The van der Waals surface area contributed by atoms with Gasteiger partial charge in [0.25, 0.3) is 0 Å². The first kappa shape index (κ1) is 26.7. The van der Waals surface area contributed by atoms with Crippen LogP contribution in [0, 0.1) is 0 Å². The molecule has 4 amide bonds. The summed E-state index contributed by atoms with van der Waals surface area (Å²) in [6.07, 6.45) is -0.582. The lowest BCUT2D eigenvalue weighted by molar-refractivity contribution is 0.0319. The molecule has 0 bridgehead atoms. The van der Waals surface area contributed by atoms with Crippen molar-refractivity contribution in [3.8, 4) is 0 Å². The minimum atomic E-state index is -0.735. The Hall–Kier alpha value is -3.55. The van der Waals surface area contributed by atoms with Crippen LogP contribution < -0.4 is 10.6 Å². The highest BCUT2D eigenvalue weighted by atomic mass is 16.6. The van der Waals surface area contributed by atoms with Gasteiger partial charge in [0.1, 0.15) is 11.2 Å². The van der Waals surface area contributed by atoms with Crippen molar-refractivity contribution in [1.82, 2.24) is 10.2 Å². The Morgan fingerprint density at radius 3 is 1.94 bits per heavy atom. The maximum absolute atomic E-state index is 12.9. The van der Waals surface area contributed by atoms with Gasteiger partial charge in [0.2, 0.25) is 0 Å². The van der Waals surface area contributed by atoms with Crippen molar-refractivity contribution in [3.63, 3.8) is 0 Å². The van der Waals surface area contributed by atoms with Gasteiger partial charge >= 0.3 is 18.2 Å². The topological polar surface area (TPSA) is 97.0 Å². The summed E-state index contributed by atoms with van der Waals surface area (Å²) in [6, 6.07) is 15.8. The van der Waals surface area contributed by atoms with Gasteiger partial charge in [0.15, 0.2) is 0 Å². The third-order valence-electron chi connectivity index (χ3n) is 4.33. The lowest BCUT2D eigenvalue weighted by Crippen LogP contribution is -2.42. The molecule has 8 nitrogen and oxygen atoms in total. The molecule has 8 heteroatoms. The number of anilines is 1. The van der Waals surface area contributed by atoms with E-state index < -0.39 is 29.4 Å². The summed E-state index contributed by atoms with van der Waals surface area (Å²) < 4.78 is 10.6. The smallest absolute Gasteiger partial charge is 0.418 e. The number of hydrogen-bond acceptors (Lipinski definition) is 5. The fourth-order valence-electron chi connectivity index (χ4n) is 2.87. The summed E-state index contributed by atoms with van der Waals surface area (Å²) >= 11 is 0. The number of carbonyl (C=O) groups excluding carboxylic acids is 3. The predicted molar refractivity (Wildman–Crippen MR) is 132 cm³/mol. The highest BCUT2D eigenvalue weighted by molar-refractivity contribution is 5.99. The van der Waals surface area contributed by atoms with E-state index in [2.05, 4.69) is 10.6 Å². The summed E-state index contributed by atoms with van der Waals surface area (Å²) in [5.74, 6) is 0. The Labute approximate surface area is 201 Å². The molecule has 2 N–H and O–H groups in total. The van der Waals surface area contributed by atoms with Gasteiger partial charge < -0.3 is 20.1 Å². The largest absolute Gasteiger partial charge is 0.444 e. The minimum absolute atomic E-state index is 0.0794. The molecule has 34 heavy (non-hydrogen) atoms. The number of alkyl carbamates (subject to hydrolysis) is 1. The number of hydrogen-bond donors (Lipinski definition) is 2. The lowest BCUT2D eigenvalue weighted by atomic mass is 10.1. The van der Waals surface area contributed by atoms with Crippen LogP contribution >= 0.6 is 0 Å². The molecule has 2 rings (SSSR count). The van der Waals surface area contributed by atoms with Crippen LogP contribution in [0.1, 0.15) is 52.7 Å². The number of nitrogens with zero attached hydrogens (tertiary/aromatic N) is 1. The second-order valence-electron chi connectivity index (χ2n) is 9.86. The molecule has 2 aromatic carbocycles. The summed E-state index contributed by atoms with van der Waals surface area (Å²) in [7, 11) is 0. The van der Waals surface area contributed by atoms with E-state index in [1.54, 1.807) is 32.9 Å². The van der Waals surface area contributed by atoms with Crippen molar-refractivity contribution in [2.75, 3.05) is 11.9 Å². The number of imide groups is 1. The monoisotopic (exact) mass is 469 g/mol. The fourth-order valence-corrected chi connectivity index (χ4v) is 2.87.